The lowest BCUT2D eigenvalue weighted by atomic mass is 10.0. The summed E-state index contributed by atoms with van der Waals surface area (Å²) in [6.07, 6.45) is -0.496. The number of carbonyl (C=O) groups is 4. The van der Waals surface area contributed by atoms with E-state index in [1.165, 1.54) is 11.0 Å². The summed E-state index contributed by atoms with van der Waals surface area (Å²) in [6.45, 7) is 3.95. The predicted molar refractivity (Wildman–Crippen MR) is 99.8 cm³/mol. The van der Waals surface area contributed by atoms with Crippen molar-refractivity contribution >= 4 is 23.7 Å². The molecule has 1 heterocycles. The molecule has 0 fully saturated rings. The number of nitrogens with zero attached hydrogens (tertiary/aromatic N) is 1. The number of hydrogen-bond donors (Lipinski definition) is 3. The highest BCUT2D eigenvalue weighted by molar-refractivity contribution is 6.00. The Labute approximate surface area is 163 Å². The molecular weight excluding hydrogens is 366 g/mol. The Kier molecular flexibility index (Phi) is 6.97. The van der Waals surface area contributed by atoms with Crippen LogP contribution in [0.25, 0.3) is 0 Å². The molecular formula is C19H25N3O6. The number of amides is 3. The Balaban J connectivity index is 2.36. The molecule has 3 N–H and O–H groups in total. The van der Waals surface area contributed by atoms with Crippen LogP contribution >= 0.6 is 0 Å². The number of nitrogens with one attached hydrogen (secondary N) is 2. The van der Waals surface area contributed by atoms with E-state index in [2.05, 4.69) is 10.6 Å². The molecule has 9 nitrogen and oxygen atoms in total. The van der Waals surface area contributed by atoms with Gasteiger partial charge in [0.2, 0.25) is 11.8 Å². The van der Waals surface area contributed by atoms with Crippen LogP contribution in [0.3, 0.4) is 0 Å². The molecule has 0 aromatic heterocycles. The molecule has 0 unspecified atom stereocenters. The summed E-state index contributed by atoms with van der Waals surface area (Å²) in [4.78, 5) is 50.6. The first-order valence-electron chi connectivity index (χ1n) is 9.00. The van der Waals surface area contributed by atoms with Crippen LogP contribution in [-0.2, 0) is 14.4 Å². The number of carbonyl (C=O) groups excluding carboxylic acids is 3. The average Bonchev–Trinajstić information content (AvgIpc) is 2.64. The van der Waals surface area contributed by atoms with Gasteiger partial charge in [-0.2, -0.15) is 0 Å². The average molecular weight is 391 g/mol. The largest absolute Gasteiger partial charge is 0.491 e. The molecule has 0 bridgehead atoms. The molecule has 1 aromatic rings. The number of carboxylic acids is 1. The third-order valence-electron chi connectivity index (χ3n) is 4.43. The second kappa shape index (κ2) is 9.20. The van der Waals surface area contributed by atoms with Crippen LogP contribution in [0.1, 0.15) is 30.6 Å². The molecule has 0 saturated heterocycles. The standard InChI is InChI=1S/C19H25N3O6/c1-11(2)16-18(25)22(3)8-9-28-14-7-5-4-6-12(14)17(24)20-13(19(26)27)10-15(23)21-16/h4-7,11,13,16H,8-10H2,1-3H3,(H,20,24)(H,21,23)(H,26,27)/t13-,16+/m0/s1. The molecule has 9 heteroatoms. The Hall–Kier alpha value is -3.10. The third kappa shape index (κ3) is 5.21. The fourth-order valence-electron chi connectivity index (χ4n) is 2.79. The second-order valence-electron chi connectivity index (χ2n) is 6.96. The van der Waals surface area contributed by atoms with Crippen LogP contribution in [0, 0.1) is 5.92 Å². The smallest absolute Gasteiger partial charge is 0.326 e. The molecule has 2 atom stereocenters. The van der Waals surface area contributed by atoms with E-state index in [0.717, 1.165) is 0 Å². The molecule has 3 amide bonds. The van der Waals surface area contributed by atoms with Crippen LogP contribution in [-0.4, -0.2) is 66.0 Å². The monoisotopic (exact) mass is 391 g/mol. The highest BCUT2D eigenvalue weighted by atomic mass is 16.5. The predicted octanol–water partition coefficient (Wildman–Crippen LogP) is 0.251. The summed E-state index contributed by atoms with van der Waals surface area (Å²) >= 11 is 0. The quantitative estimate of drug-likeness (QED) is 0.664. The van der Waals surface area contributed by atoms with Crippen molar-refractivity contribution in [2.45, 2.75) is 32.4 Å². The van der Waals surface area contributed by atoms with E-state index < -0.39 is 36.3 Å². The summed E-state index contributed by atoms with van der Waals surface area (Å²) in [7, 11) is 1.59. The lowest BCUT2D eigenvalue weighted by molar-refractivity contribution is -0.142. The van der Waals surface area contributed by atoms with E-state index in [-0.39, 0.29) is 36.3 Å². The number of para-hydroxylation sites is 1. The van der Waals surface area contributed by atoms with Gasteiger partial charge in [0, 0.05) is 7.05 Å². The molecule has 0 radical (unpaired) electrons. The van der Waals surface area contributed by atoms with Gasteiger partial charge in [-0.3, -0.25) is 14.4 Å². The molecule has 0 saturated carbocycles. The van der Waals surface area contributed by atoms with Crippen molar-refractivity contribution in [3.05, 3.63) is 29.8 Å². The zero-order valence-electron chi connectivity index (χ0n) is 16.1. The van der Waals surface area contributed by atoms with Crippen LogP contribution in [0.2, 0.25) is 0 Å². The van der Waals surface area contributed by atoms with E-state index in [1.54, 1.807) is 39.1 Å². The van der Waals surface area contributed by atoms with Gasteiger partial charge in [0.1, 0.15) is 24.4 Å². The molecule has 28 heavy (non-hydrogen) atoms. The maximum atomic E-state index is 12.7. The van der Waals surface area contributed by atoms with Crippen molar-refractivity contribution in [2.75, 3.05) is 20.2 Å². The Morgan fingerprint density at radius 3 is 2.54 bits per heavy atom. The van der Waals surface area contributed by atoms with Gasteiger partial charge in [0.05, 0.1) is 18.5 Å². The molecule has 1 aliphatic rings. The summed E-state index contributed by atoms with van der Waals surface area (Å²) < 4.78 is 5.64. The highest BCUT2D eigenvalue weighted by Crippen LogP contribution is 2.18. The first kappa shape index (κ1) is 21.2. The van der Waals surface area contributed by atoms with Gasteiger partial charge in [0.25, 0.3) is 5.91 Å². The minimum absolute atomic E-state index is 0.133. The number of benzene rings is 1. The lowest BCUT2D eigenvalue weighted by Crippen LogP contribution is -2.53. The summed E-state index contributed by atoms with van der Waals surface area (Å²) in [5.41, 5.74) is 0.153. The van der Waals surface area contributed by atoms with Gasteiger partial charge in [-0.25, -0.2) is 4.79 Å². The zero-order chi connectivity index (χ0) is 20.8. The minimum atomic E-state index is -1.44. The number of rotatable bonds is 2. The fraction of sp³-hybridized carbons (Fsp3) is 0.474. The van der Waals surface area contributed by atoms with Crippen molar-refractivity contribution in [2.24, 2.45) is 5.92 Å². The fourth-order valence-corrected chi connectivity index (χ4v) is 2.79. The van der Waals surface area contributed by atoms with E-state index in [1.807, 2.05) is 0 Å². The van der Waals surface area contributed by atoms with Crippen LogP contribution in [0.4, 0.5) is 0 Å². The Bertz CT molecular complexity index is 764. The van der Waals surface area contributed by atoms with Crippen molar-refractivity contribution in [3.63, 3.8) is 0 Å². The summed E-state index contributed by atoms with van der Waals surface area (Å²) in [5.74, 6) is -2.86. The van der Waals surface area contributed by atoms with Gasteiger partial charge in [-0.1, -0.05) is 26.0 Å². The number of fused-ring (bicyclic) bond motifs is 1. The minimum Gasteiger partial charge on any atom is -0.491 e. The van der Waals surface area contributed by atoms with Crippen molar-refractivity contribution in [1.29, 1.82) is 0 Å². The number of aliphatic carboxylic acids is 1. The van der Waals surface area contributed by atoms with E-state index >= 15 is 0 Å². The first-order chi connectivity index (χ1) is 13.2. The molecule has 152 valence electrons. The van der Waals surface area contributed by atoms with Crippen LogP contribution in [0.5, 0.6) is 5.75 Å². The zero-order valence-corrected chi connectivity index (χ0v) is 16.1. The molecule has 1 aliphatic heterocycles. The van der Waals surface area contributed by atoms with Crippen LogP contribution < -0.4 is 15.4 Å². The van der Waals surface area contributed by atoms with Gasteiger partial charge in [0.15, 0.2) is 0 Å². The molecule has 0 aliphatic carbocycles. The number of ether oxygens (including phenoxy) is 1. The van der Waals surface area contributed by atoms with Gasteiger partial charge < -0.3 is 25.4 Å². The van der Waals surface area contributed by atoms with Crippen molar-refractivity contribution < 1.29 is 29.0 Å². The number of carboxylic acid groups (broad SMARTS) is 1. The highest BCUT2D eigenvalue weighted by Gasteiger charge is 2.30. The van der Waals surface area contributed by atoms with Gasteiger partial charge >= 0.3 is 5.97 Å². The van der Waals surface area contributed by atoms with E-state index in [4.69, 9.17) is 4.74 Å². The third-order valence-corrected chi connectivity index (χ3v) is 4.43. The van der Waals surface area contributed by atoms with E-state index in [9.17, 15) is 24.3 Å². The number of hydrogen-bond acceptors (Lipinski definition) is 5. The molecule has 2 rings (SSSR count). The van der Waals surface area contributed by atoms with E-state index in [0.29, 0.717) is 0 Å². The number of likely N-dealkylation sites (N-methyl/N-ethyl adjacent to an activating group) is 1. The van der Waals surface area contributed by atoms with Crippen LogP contribution in [0.15, 0.2) is 24.3 Å². The van der Waals surface area contributed by atoms with Crippen molar-refractivity contribution in [1.82, 2.24) is 15.5 Å². The molecule has 1 aromatic carbocycles. The molecule has 0 spiro atoms. The summed E-state index contributed by atoms with van der Waals surface area (Å²) in [5, 5.41) is 14.3. The second-order valence-corrected chi connectivity index (χ2v) is 6.96. The topological polar surface area (TPSA) is 125 Å². The maximum Gasteiger partial charge on any atom is 0.326 e. The Morgan fingerprint density at radius 2 is 1.89 bits per heavy atom. The maximum absolute atomic E-state index is 12.7. The van der Waals surface area contributed by atoms with Gasteiger partial charge in [-0.15, -0.1) is 0 Å². The summed E-state index contributed by atoms with van der Waals surface area (Å²) in [6, 6.07) is 4.14. The normalized spacial score (nSPS) is 21.9. The van der Waals surface area contributed by atoms with Crippen molar-refractivity contribution in [3.8, 4) is 5.75 Å². The SMILES string of the molecule is CC(C)[C@H]1NC(=O)C[C@@H](C(=O)O)NC(=O)c2ccccc2OCCN(C)C1=O. The first-order valence-corrected chi connectivity index (χ1v) is 9.00. The lowest BCUT2D eigenvalue weighted by Gasteiger charge is -2.28. The Morgan fingerprint density at radius 1 is 1.21 bits per heavy atom. The van der Waals surface area contributed by atoms with Gasteiger partial charge in [-0.05, 0) is 18.1 Å².